The summed E-state index contributed by atoms with van der Waals surface area (Å²) in [6.45, 7) is 5.19. The summed E-state index contributed by atoms with van der Waals surface area (Å²) in [5.41, 5.74) is 5.96. The van der Waals surface area contributed by atoms with Gasteiger partial charge in [-0.1, -0.05) is 19.1 Å². The van der Waals surface area contributed by atoms with Crippen molar-refractivity contribution in [2.45, 2.75) is 37.0 Å². The van der Waals surface area contributed by atoms with E-state index >= 15 is 0 Å². The Kier molecular flexibility index (Phi) is 3.93. The molecular weight excluding hydrogens is 352 g/mol. The minimum absolute atomic E-state index is 0.324. The summed E-state index contributed by atoms with van der Waals surface area (Å²) < 4.78 is 0. The Balaban J connectivity index is 1.50. The van der Waals surface area contributed by atoms with Crippen LogP contribution >= 0.6 is 11.8 Å². The largest absolute Gasteiger partial charge is 0.309 e. The molecule has 5 heteroatoms. The van der Waals surface area contributed by atoms with E-state index in [1.165, 1.54) is 29.0 Å². The Morgan fingerprint density at radius 3 is 2.63 bits per heavy atom. The van der Waals surface area contributed by atoms with Crippen molar-refractivity contribution in [2.75, 3.05) is 17.2 Å². The van der Waals surface area contributed by atoms with Crippen molar-refractivity contribution in [3.63, 3.8) is 0 Å². The molecule has 1 saturated carbocycles. The van der Waals surface area contributed by atoms with Gasteiger partial charge in [-0.2, -0.15) is 0 Å². The number of pyridine rings is 1. The van der Waals surface area contributed by atoms with Crippen molar-refractivity contribution in [1.29, 1.82) is 0 Å². The summed E-state index contributed by atoms with van der Waals surface area (Å²) in [5.74, 6) is 1.87. The minimum atomic E-state index is 0.324. The van der Waals surface area contributed by atoms with Crippen LogP contribution in [0, 0.1) is 6.92 Å². The third-order valence-electron chi connectivity index (χ3n) is 5.52. The molecule has 4 nitrogen and oxygen atoms in total. The van der Waals surface area contributed by atoms with Crippen LogP contribution in [0.5, 0.6) is 0 Å². The highest BCUT2D eigenvalue weighted by Gasteiger charge is 2.52. The predicted molar refractivity (Wildman–Crippen MR) is 111 cm³/mol. The molecule has 27 heavy (non-hydrogen) atoms. The van der Waals surface area contributed by atoms with Crippen molar-refractivity contribution in [3.05, 3.63) is 60.0 Å². The van der Waals surface area contributed by atoms with Crippen LogP contribution in [0.25, 0.3) is 11.3 Å². The number of anilines is 2. The number of hydrogen-bond acceptors (Lipinski definition) is 5. The molecule has 3 aromatic rings. The first kappa shape index (κ1) is 16.8. The molecule has 0 radical (unpaired) electrons. The number of nitrogens with zero attached hydrogens (tertiary/aromatic N) is 4. The summed E-state index contributed by atoms with van der Waals surface area (Å²) in [6, 6.07) is 12.9. The summed E-state index contributed by atoms with van der Waals surface area (Å²) in [7, 11) is 0. The quantitative estimate of drug-likeness (QED) is 0.591. The Morgan fingerprint density at radius 1 is 1.11 bits per heavy atom. The van der Waals surface area contributed by atoms with Gasteiger partial charge in [0.15, 0.2) is 0 Å². The van der Waals surface area contributed by atoms with Gasteiger partial charge in [0.25, 0.3) is 0 Å². The number of aromatic nitrogens is 3. The summed E-state index contributed by atoms with van der Waals surface area (Å²) in [4.78, 5) is 17.6. The number of hydrogen-bond donors (Lipinski definition) is 0. The summed E-state index contributed by atoms with van der Waals surface area (Å²) >= 11 is 1.88. The van der Waals surface area contributed by atoms with Gasteiger partial charge in [0.05, 0.1) is 5.69 Å². The first-order chi connectivity index (χ1) is 13.2. The van der Waals surface area contributed by atoms with Crippen molar-refractivity contribution < 1.29 is 0 Å². The molecule has 0 unspecified atom stereocenters. The third-order valence-corrected chi connectivity index (χ3v) is 6.40. The predicted octanol–water partition coefficient (Wildman–Crippen LogP) is 5.14. The molecule has 0 atom stereocenters. The van der Waals surface area contributed by atoms with E-state index in [0.29, 0.717) is 5.41 Å². The third kappa shape index (κ3) is 2.90. The van der Waals surface area contributed by atoms with Gasteiger partial charge in [-0.15, -0.1) is 11.8 Å². The van der Waals surface area contributed by atoms with Crippen molar-refractivity contribution >= 4 is 23.4 Å². The maximum absolute atomic E-state index is 4.70. The van der Waals surface area contributed by atoms with Crippen LogP contribution in [0.15, 0.2) is 53.7 Å². The second-order valence-corrected chi connectivity index (χ2v) is 8.75. The lowest BCUT2D eigenvalue weighted by Gasteiger charge is -2.18. The molecule has 1 spiro atoms. The van der Waals surface area contributed by atoms with Gasteiger partial charge in [0, 0.05) is 46.2 Å². The SMILES string of the molecule is CCSc1ccc2c(c1)N(c1ncc(-c3cccc(C)n3)cn1)CC21CC1. The zero-order valence-corrected chi connectivity index (χ0v) is 16.5. The maximum atomic E-state index is 4.70. The van der Waals surface area contributed by atoms with Crippen LogP contribution in [0.2, 0.25) is 0 Å². The number of aryl methyl sites for hydroxylation is 1. The van der Waals surface area contributed by atoms with Crippen molar-refractivity contribution in [2.24, 2.45) is 0 Å². The lowest BCUT2D eigenvalue weighted by molar-refractivity contribution is 0.735. The average Bonchev–Trinajstić information content (AvgIpc) is 3.40. The molecule has 136 valence electrons. The van der Waals surface area contributed by atoms with Gasteiger partial charge in [-0.25, -0.2) is 9.97 Å². The van der Waals surface area contributed by atoms with Gasteiger partial charge in [0.2, 0.25) is 5.95 Å². The van der Waals surface area contributed by atoms with Crippen LogP contribution in [-0.2, 0) is 5.41 Å². The topological polar surface area (TPSA) is 41.9 Å². The molecular formula is C22H22N4S. The average molecular weight is 375 g/mol. The van der Waals surface area contributed by atoms with Gasteiger partial charge in [-0.05, 0) is 55.3 Å². The van der Waals surface area contributed by atoms with Crippen molar-refractivity contribution in [3.8, 4) is 11.3 Å². The van der Waals surface area contributed by atoms with Gasteiger partial charge in [0.1, 0.15) is 0 Å². The van der Waals surface area contributed by atoms with Gasteiger partial charge >= 0.3 is 0 Å². The monoisotopic (exact) mass is 374 g/mol. The first-order valence-electron chi connectivity index (χ1n) is 9.49. The zero-order chi connectivity index (χ0) is 18.4. The standard InChI is InChI=1S/C22H22N4S/c1-3-27-17-7-8-18-20(11-17)26(14-22(18)9-10-22)21-23-12-16(13-24-21)19-6-4-5-15(2)25-19/h4-8,11-13H,3,9-10,14H2,1-2H3. The fraction of sp³-hybridized carbons (Fsp3) is 0.318. The summed E-state index contributed by atoms with van der Waals surface area (Å²) in [6.07, 6.45) is 6.32. The highest BCUT2D eigenvalue weighted by Crippen LogP contribution is 2.58. The normalized spacial score (nSPS) is 16.6. The maximum Gasteiger partial charge on any atom is 0.229 e. The lowest BCUT2D eigenvalue weighted by Crippen LogP contribution is -2.21. The smallest absolute Gasteiger partial charge is 0.229 e. The Labute approximate surface area is 164 Å². The molecule has 0 bridgehead atoms. The lowest BCUT2D eigenvalue weighted by atomic mass is 9.99. The molecule has 5 rings (SSSR count). The van der Waals surface area contributed by atoms with Crippen LogP contribution < -0.4 is 4.90 Å². The van der Waals surface area contributed by atoms with E-state index in [1.54, 1.807) is 0 Å². The second kappa shape index (κ2) is 6.34. The van der Waals surface area contributed by atoms with Crippen LogP contribution in [-0.4, -0.2) is 27.2 Å². The second-order valence-electron chi connectivity index (χ2n) is 7.41. The molecule has 1 aliphatic carbocycles. The van der Waals surface area contributed by atoms with E-state index in [9.17, 15) is 0 Å². The highest BCUT2D eigenvalue weighted by molar-refractivity contribution is 7.99. The highest BCUT2D eigenvalue weighted by atomic mass is 32.2. The van der Waals surface area contributed by atoms with Gasteiger partial charge in [-0.3, -0.25) is 4.98 Å². The first-order valence-corrected chi connectivity index (χ1v) is 10.5. The minimum Gasteiger partial charge on any atom is -0.309 e. The van der Waals surface area contributed by atoms with Crippen molar-refractivity contribution in [1.82, 2.24) is 15.0 Å². The number of thioether (sulfide) groups is 1. The molecule has 2 aromatic heterocycles. The molecule has 0 N–H and O–H groups in total. The fourth-order valence-corrected chi connectivity index (χ4v) is 4.66. The molecule has 1 aromatic carbocycles. The van der Waals surface area contributed by atoms with Crippen LogP contribution in [0.4, 0.5) is 11.6 Å². The fourth-order valence-electron chi connectivity index (χ4n) is 3.97. The van der Waals surface area contributed by atoms with E-state index < -0.39 is 0 Å². The molecule has 0 amide bonds. The molecule has 3 heterocycles. The van der Waals surface area contributed by atoms with Crippen LogP contribution in [0.1, 0.15) is 31.0 Å². The van der Waals surface area contributed by atoms with E-state index in [4.69, 9.17) is 9.97 Å². The van der Waals surface area contributed by atoms with Crippen LogP contribution in [0.3, 0.4) is 0 Å². The van der Waals surface area contributed by atoms with E-state index in [-0.39, 0.29) is 0 Å². The Morgan fingerprint density at radius 2 is 1.93 bits per heavy atom. The summed E-state index contributed by atoms with van der Waals surface area (Å²) in [5, 5.41) is 0. The Bertz CT molecular complexity index is 995. The molecule has 0 saturated heterocycles. The van der Waals surface area contributed by atoms with E-state index in [2.05, 4.69) is 35.0 Å². The number of benzene rings is 1. The number of fused-ring (bicyclic) bond motifs is 2. The number of rotatable bonds is 4. The molecule has 2 aliphatic rings. The van der Waals surface area contributed by atoms with E-state index in [0.717, 1.165) is 35.2 Å². The molecule has 1 aliphatic heterocycles. The molecule has 1 fully saturated rings. The van der Waals surface area contributed by atoms with Gasteiger partial charge < -0.3 is 4.90 Å². The van der Waals surface area contributed by atoms with E-state index in [1.807, 2.05) is 49.3 Å². The Hall–Kier alpha value is -2.40. The zero-order valence-electron chi connectivity index (χ0n) is 15.6.